The summed E-state index contributed by atoms with van der Waals surface area (Å²) in [4.78, 5) is 7.85. The van der Waals surface area contributed by atoms with Crippen LogP contribution in [0.25, 0.3) is 0 Å². The average Bonchev–Trinajstić information content (AvgIpc) is 2.70. The number of aromatic nitrogens is 2. The number of benzene rings is 1. The molecule has 0 N–H and O–H groups in total. The van der Waals surface area contributed by atoms with Gasteiger partial charge in [0, 0.05) is 35.9 Å². The molecular formula is C18H8F4I2N2. The van der Waals surface area contributed by atoms with E-state index >= 15 is 0 Å². The molecule has 0 aliphatic rings. The summed E-state index contributed by atoms with van der Waals surface area (Å²) in [5.74, 6) is 0.693. The highest BCUT2D eigenvalue weighted by Crippen LogP contribution is 2.25. The van der Waals surface area contributed by atoms with Gasteiger partial charge in [-0.2, -0.15) is 0 Å². The van der Waals surface area contributed by atoms with Gasteiger partial charge >= 0.3 is 0 Å². The van der Waals surface area contributed by atoms with E-state index in [4.69, 9.17) is 0 Å². The standard InChI is InChI=1S/C12H8N2.C6F4I2/c1(11-3-7-13-8-4-11)2-12-5-9-14-10-6-12;7-1-2(8)6(12)4(10)3(9)5(1)11/h3-10H;. The van der Waals surface area contributed by atoms with Crippen LogP contribution in [0.4, 0.5) is 17.6 Å². The van der Waals surface area contributed by atoms with E-state index in [9.17, 15) is 17.6 Å². The maximum atomic E-state index is 12.6. The molecule has 8 heteroatoms. The summed E-state index contributed by atoms with van der Waals surface area (Å²) >= 11 is 2.41. The van der Waals surface area contributed by atoms with Crippen molar-refractivity contribution in [2.75, 3.05) is 0 Å². The van der Waals surface area contributed by atoms with Crippen LogP contribution >= 0.6 is 45.2 Å². The number of hydrogen-bond donors (Lipinski definition) is 0. The lowest BCUT2D eigenvalue weighted by Gasteiger charge is -2.02. The summed E-state index contributed by atoms with van der Waals surface area (Å²) < 4.78 is 49.2. The summed E-state index contributed by atoms with van der Waals surface area (Å²) in [7, 11) is 0. The molecule has 0 unspecified atom stereocenters. The first kappa shape index (κ1) is 20.6. The summed E-state index contributed by atoms with van der Waals surface area (Å²) in [5.41, 5.74) is 1.94. The molecule has 0 amide bonds. The molecule has 2 heterocycles. The third-order valence-electron chi connectivity index (χ3n) is 2.87. The predicted molar refractivity (Wildman–Crippen MR) is 106 cm³/mol. The average molecular weight is 582 g/mol. The van der Waals surface area contributed by atoms with Gasteiger partial charge < -0.3 is 0 Å². The highest BCUT2D eigenvalue weighted by atomic mass is 127. The Hall–Kier alpha value is -1.74. The molecule has 0 bridgehead atoms. The summed E-state index contributed by atoms with van der Waals surface area (Å²) in [5, 5.41) is 0. The Bertz CT molecular complexity index is 807. The van der Waals surface area contributed by atoms with Crippen molar-refractivity contribution in [3.8, 4) is 11.8 Å². The molecule has 0 aliphatic carbocycles. The molecule has 132 valence electrons. The Morgan fingerprint density at radius 3 is 1.12 bits per heavy atom. The molecule has 0 saturated heterocycles. The minimum absolute atomic E-state index is 0.664. The van der Waals surface area contributed by atoms with E-state index in [2.05, 4.69) is 21.8 Å². The molecule has 0 spiro atoms. The highest BCUT2D eigenvalue weighted by molar-refractivity contribution is 14.1. The number of hydrogen-bond acceptors (Lipinski definition) is 2. The van der Waals surface area contributed by atoms with Crippen LogP contribution in [0.5, 0.6) is 0 Å². The van der Waals surface area contributed by atoms with Crippen LogP contribution in [0.2, 0.25) is 0 Å². The SMILES string of the molecule is C(#Cc1ccncc1)c1ccncc1.Fc1c(F)c(I)c(F)c(F)c1I. The maximum Gasteiger partial charge on any atom is 0.176 e. The number of halogens is 6. The zero-order valence-corrected chi connectivity index (χ0v) is 17.1. The molecule has 0 radical (unpaired) electrons. The first-order chi connectivity index (χ1) is 12.4. The predicted octanol–water partition coefficient (Wildman–Crippen LogP) is 5.33. The van der Waals surface area contributed by atoms with Gasteiger partial charge in [0.2, 0.25) is 0 Å². The smallest absolute Gasteiger partial charge is 0.176 e. The topological polar surface area (TPSA) is 25.8 Å². The van der Waals surface area contributed by atoms with Crippen LogP contribution in [0.3, 0.4) is 0 Å². The lowest BCUT2D eigenvalue weighted by Crippen LogP contribution is -2.02. The molecule has 0 aliphatic heterocycles. The van der Waals surface area contributed by atoms with E-state index in [0.29, 0.717) is 0 Å². The summed E-state index contributed by atoms with van der Waals surface area (Å²) in [6.07, 6.45) is 6.93. The third-order valence-corrected chi connectivity index (χ3v) is 4.76. The fourth-order valence-electron chi connectivity index (χ4n) is 1.59. The first-order valence-electron chi connectivity index (χ1n) is 6.90. The van der Waals surface area contributed by atoms with Gasteiger partial charge in [0.05, 0.1) is 7.14 Å². The maximum absolute atomic E-state index is 12.6. The van der Waals surface area contributed by atoms with Crippen LogP contribution in [0.15, 0.2) is 49.1 Å². The van der Waals surface area contributed by atoms with Crippen molar-refractivity contribution in [2.24, 2.45) is 0 Å². The summed E-state index contributed by atoms with van der Waals surface area (Å²) in [6, 6.07) is 7.53. The van der Waals surface area contributed by atoms with Crippen LogP contribution in [0.1, 0.15) is 11.1 Å². The van der Waals surface area contributed by atoms with Crippen molar-refractivity contribution in [1.29, 1.82) is 0 Å². The lowest BCUT2D eigenvalue weighted by atomic mass is 10.2. The van der Waals surface area contributed by atoms with Gasteiger partial charge in [0.25, 0.3) is 0 Å². The molecule has 26 heavy (non-hydrogen) atoms. The third kappa shape index (κ3) is 5.38. The van der Waals surface area contributed by atoms with E-state index in [1.807, 2.05) is 24.3 Å². The van der Waals surface area contributed by atoms with E-state index < -0.39 is 30.4 Å². The highest BCUT2D eigenvalue weighted by Gasteiger charge is 2.21. The van der Waals surface area contributed by atoms with Gasteiger partial charge in [0.15, 0.2) is 23.3 Å². The number of nitrogens with zero attached hydrogens (tertiary/aromatic N) is 2. The normalized spacial score (nSPS) is 9.62. The Morgan fingerprint density at radius 2 is 0.846 bits per heavy atom. The van der Waals surface area contributed by atoms with E-state index in [0.717, 1.165) is 11.1 Å². The zero-order chi connectivity index (χ0) is 19.1. The number of rotatable bonds is 0. The summed E-state index contributed by atoms with van der Waals surface area (Å²) in [6.45, 7) is 0. The molecular weight excluding hydrogens is 574 g/mol. The van der Waals surface area contributed by atoms with Crippen molar-refractivity contribution in [1.82, 2.24) is 9.97 Å². The van der Waals surface area contributed by atoms with E-state index in [1.165, 1.54) is 45.2 Å². The number of pyridine rings is 2. The Morgan fingerprint density at radius 1 is 0.577 bits per heavy atom. The minimum atomic E-state index is -1.35. The second kappa shape index (κ2) is 9.82. The Kier molecular flexibility index (Phi) is 7.77. The molecule has 1 aromatic carbocycles. The van der Waals surface area contributed by atoms with Crippen molar-refractivity contribution in [3.63, 3.8) is 0 Å². The van der Waals surface area contributed by atoms with Gasteiger partial charge in [-0.25, -0.2) is 17.6 Å². The second-order valence-corrected chi connectivity index (χ2v) is 6.76. The van der Waals surface area contributed by atoms with Gasteiger partial charge in [-0.15, -0.1) is 0 Å². The van der Waals surface area contributed by atoms with Gasteiger partial charge in [-0.05, 0) is 69.4 Å². The largest absolute Gasteiger partial charge is 0.265 e. The molecule has 2 aromatic heterocycles. The van der Waals surface area contributed by atoms with Crippen molar-refractivity contribution >= 4 is 45.2 Å². The molecule has 0 atom stereocenters. The van der Waals surface area contributed by atoms with Crippen LogP contribution < -0.4 is 0 Å². The van der Waals surface area contributed by atoms with Crippen molar-refractivity contribution in [2.45, 2.75) is 0 Å². The van der Waals surface area contributed by atoms with Gasteiger partial charge in [0.1, 0.15) is 0 Å². The minimum Gasteiger partial charge on any atom is -0.265 e. The molecule has 3 rings (SSSR count). The van der Waals surface area contributed by atoms with Crippen molar-refractivity contribution in [3.05, 3.63) is 90.6 Å². The molecule has 2 nitrogen and oxygen atoms in total. The van der Waals surface area contributed by atoms with E-state index in [1.54, 1.807) is 24.8 Å². The van der Waals surface area contributed by atoms with E-state index in [-0.39, 0.29) is 0 Å². The molecule has 0 fully saturated rings. The van der Waals surface area contributed by atoms with Gasteiger partial charge in [-0.3, -0.25) is 9.97 Å². The van der Waals surface area contributed by atoms with Crippen LogP contribution in [0, 0.1) is 42.3 Å². The fraction of sp³-hybridized carbons (Fsp3) is 0. The molecule has 3 aromatic rings. The fourth-order valence-corrected chi connectivity index (χ4v) is 2.54. The quantitative estimate of drug-likeness (QED) is 0.118. The monoisotopic (exact) mass is 582 g/mol. The Labute approximate surface area is 174 Å². The first-order valence-corrected chi connectivity index (χ1v) is 9.06. The van der Waals surface area contributed by atoms with Crippen LogP contribution in [-0.2, 0) is 0 Å². The van der Waals surface area contributed by atoms with Crippen molar-refractivity contribution < 1.29 is 17.6 Å². The Balaban J connectivity index is 0.000000190. The molecule has 0 saturated carbocycles. The second-order valence-electron chi connectivity index (χ2n) is 4.61. The van der Waals surface area contributed by atoms with Crippen LogP contribution in [-0.4, -0.2) is 9.97 Å². The lowest BCUT2D eigenvalue weighted by molar-refractivity contribution is 0.437. The zero-order valence-electron chi connectivity index (χ0n) is 12.8. The van der Waals surface area contributed by atoms with Gasteiger partial charge in [-0.1, -0.05) is 11.8 Å².